The molecule has 1 fully saturated rings. The van der Waals surface area contributed by atoms with Crippen LogP contribution >= 0.6 is 0 Å². The largest absolute Gasteiger partial charge is 0.442 e. The molecule has 4 aromatic rings. The summed E-state index contributed by atoms with van der Waals surface area (Å²) in [7, 11) is 0. The van der Waals surface area contributed by atoms with Crippen molar-refractivity contribution in [2.75, 3.05) is 18.0 Å². The topological polar surface area (TPSA) is 117 Å². The molecule has 2 N–H and O–H groups in total. The number of aromatic nitrogens is 3. The predicted molar refractivity (Wildman–Crippen MR) is 130 cm³/mol. The third-order valence-corrected chi connectivity index (χ3v) is 5.72. The van der Waals surface area contributed by atoms with Crippen LogP contribution in [0.3, 0.4) is 0 Å². The Balaban J connectivity index is 1.21. The third-order valence-electron chi connectivity index (χ3n) is 5.72. The Kier molecular flexibility index (Phi) is 6.23. The molecule has 9 nitrogen and oxygen atoms in total. The number of H-pyrrole nitrogens is 1. The summed E-state index contributed by atoms with van der Waals surface area (Å²) in [6, 6.07) is 18.3. The molecule has 1 aromatic heterocycles. The molecule has 0 radical (unpaired) electrons. The molecule has 1 atom stereocenters. The van der Waals surface area contributed by atoms with Gasteiger partial charge in [0.1, 0.15) is 23.0 Å². The van der Waals surface area contributed by atoms with Gasteiger partial charge in [0.15, 0.2) is 5.78 Å². The average molecular weight is 485 g/mol. The fraction of sp³-hybridized carbons (Fsp3) is 0.115. The molecule has 1 aliphatic rings. The highest BCUT2D eigenvalue weighted by atomic mass is 19.1. The van der Waals surface area contributed by atoms with Crippen LogP contribution in [0, 0.1) is 5.82 Å². The van der Waals surface area contributed by atoms with Crippen LogP contribution in [-0.4, -0.2) is 52.4 Å². The quantitative estimate of drug-likeness (QED) is 0.305. The van der Waals surface area contributed by atoms with Crippen LogP contribution in [0.4, 0.5) is 14.9 Å². The highest BCUT2D eigenvalue weighted by molar-refractivity contribution is 6.07. The van der Waals surface area contributed by atoms with E-state index < -0.39 is 23.9 Å². The van der Waals surface area contributed by atoms with Crippen molar-refractivity contribution in [3.05, 3.63) is 90.3 Å². The maximum absolute atomic E-state index is 15.0. The number of ether oxygens (including phenoxy) is 1. The number of rotatable bonds is 7. The molecular weight excluding hydrogens is 465 g/mol. The van der Waals surface area contributed by atoms with E-state index in [0.717, 1.165) is 6.08 Å². The molecule has 2 amide bonds. The molecule has 1 saturated heterocycles. The summed E-state index contributed by atoms with van der Waals surface area (Å²) in [6.45, 7) is 0.170. The number of carbonyl (C=O) groups is 3. The number of nitrogens with one attached hydrogen (secondary N) is 2. The van der Waals surface area contributed by atoms with Crippen molar-refractivity contribution in [2.45, 2.75) is 6.10 Å². The zero-order valence-electron chi connectivity index (χ0n) is 18.8. The molecule has 3 aromatic carbocycles. The lowest BCUT2D eigenvalue weighted by molar-refractivity contribution is -0.116. The maximum atomic E-state index is 15.0. The number of nitrogens with zero attached hydrogens (tertiary/aromatic N) is 3. The lowest BCUT2D eigenvalue weighted by Gasteiger charge is -2.14. The number of ketones is 1. The Hall–Kier alpha value is -4.86. The van der Waals surface area contributed by atoms with Crippen LogP contribution in [0.1, 0.15) is 10.4 Å². The lowest BCUT2D eigenvalue weighted by Crippen LogP contribution is -2.33. The number of aromatic amines is 1. The van der Waals surface area contributed by atoms with E-state index in [2.05, 4.69) is 20.7 Å². The van der Waals surface area contributed by atoms with Gasteiger partial charge in [0.2, 0.25) is 5.91 Å². The number of hydrogen-bond acceptors (Lipinski definition) is 6. The minimum atomic E-state index is -0.644. The highest BCUT2D eigenvalue weighted by Crippen LogP contribution is 2.32. The number of amides is 2. The van der Waals surface area contributed by atoms with E-state index in [1.165, 1.54) is 17.0 Å². The summed E-state index contributed by atoms with van der Waals surface area (Å²) >= 11 is 0. The van der Waals surface area contributed by atoms with Gasteiger partial charge in [-0.05, 0) is 30.3 Å². The van der Waals surface area contributed by atoms with Crippen LogP contribution in [0.15, 0.2) is 78.9 Å². The number of fused-ring (bicyclic) bond motifs is 1. The maximum Gasteiger partial charge on any atom is 0.414 e. The first-order valence-electron chi connectivity index (χ1n) is 11.1. The van der Waals surface area contributed by atoms with E-state index in [9.17, 15) is 14.4 Å². The second-order valence-electron chi connectivity index (χ2n) is 8.09. The van der Waals surface area contributed by atoms with Crippen molar-refractivity contribution in [1.29, 1.82) is 0 Å². The monoisotopic (exact) mass is 485 g/mol. The van der Waals surface area contributed by atoms with Gasteiger partial charge >= 0.3 is 6.09 Å². The van der Waals surface area contributed by atoms with Gasteiger partial charge in [-0.1, -0.05) is 42.5 Å². The highest BCUT2D eigenvalue weighted by Gasteiger charge is 2.33. The van der Waals surface area contributed by atoms with Crippen molar-refractivity contribution in [1.82, 2.24) is 20.7 Å². The Morgan fingerprint density at radius 1 is 1.06 bits per heavy atom. The van der Waals surface area contributed by atoms with Crippen molar-refractivity contribution in [2.24, 2.45) is 0 Å². The number of allylic oxidation sites excluding steroid dienone is 1. The number of halogens is 1. The van der Waals surface area contributed by atoms with Gasteiger partial charge in [0.05, 0.1) is 18.8 Å². The molecular formula is C26H20FN5O4. The fourth-order valence-corrected chi connectivity index (χ4v) is 3.94. The van der Waals surface area contributed by atoms with Gasteiger partial charge in [-0.2, -0.15) is 15.4 Å². The van der Waals surface area contributed by atoms with E-state index in [4.69, 9.17) is 4.74 Å². The number of benzene rings is 3. The van der Waals surface area contributed by atoms with Crippen LogP contribution < -0.4 is 10.2 Å². The Labute approximate surface area is 204 Å². The summed E-state index contributed by atoms with van der Waals surface area (Å²) in [5.41, 5.74) is 2.86. The summed E-state index contributed by atoms with van der Waals surface area (Å²) in [4.78, 5) is 37.9. The molecule has 10 heteroatoms. The minimum absolute atomic E-state index is 0.0413. The van der Waals surface area contributed by atoms with Crippen LogP contribution in [0.2, 0.25) is 0 Å². The van der Waals surface area contributed by atoms with Gasteiger partial charge < -0.3 is 10.1 Å². The van der Waals surface area contributed by atoms with Crippen molar-refractivity contribution < 1.29 is 23.5 Å². The lowest BCUT2D eigenvalue weighted by atomic mass is 10.0. The summed E-state index contributed by atoms with van der Waals surface area (Å²) < 4.78 is 20.4. The van der Waals surface area contributed by atoms with E-state index in [-0.39, 0.29) is 18.9 Å². The summed E-state index contributed by atoms with van der Waals surface area (Å²) in [6.07, 6.45) is 1.04. The third kappa shape index (κ3) is 4.69. The number of carbonyl (C=O) groups excluding carboxylic acids is 3. The van der Waals surface area contributed by atoms with Crippen molar-refractivity contribution in [3.63, 3.8) is 0 Å². The Morgan fingerprint density at radius 2 is 1.89 bits per heavy atom. The molecule has 0 aliphatic carbocycles. The molecule has 5 rings (SSSR count). The second-order valence-corrected chi connectivity index (χ2v) is 8.09. The normalized spacial score (nSPS) is 15.4. The zero-order chi connectivity index (χ0) is 25.1. The Bertz CT molecular complexity index is 1480. The summed E-state index contributed by atoms with van der Waals surface area (Å²) in [5.74, 6) is -1.32. The second kappa shape index (κ2) is 9.79. The van der Waals surface area contributed by atoms with Crippen molar-refractivity contribution >= 4 is 34.5 Å². The minimum Gasteiger partial charge on any atom is -0.442 e. The fourth-order valence-electron chi connectivity index (χ4n) is 3.94. The molecule has 0 saturated carbocycles. The number of anilines is 1. The standard InChI is InChI=1S/C26H20FN5O4/c27-21-13-17(9-10-19(21)20-7-4-8-22-25(20)30-31-29-22)32-15-18(36-26(32)35)14-28-24(34)12-11-23(33)16-5-2-1-3-6-16/h1-13,18H,14-15H2,(H,28,34)(H,29,30,31)/b12-11+/t18-/m0/s1. The van der Waals surface area contributed by atoms with Gasteiger partial charge in [-0.3, -0.25) is 14.5 Å². The number of para-hydroxylation sites is 1. The molecule has 2 heterocycles. The van der Waals surface area contributed by atoms with Gasteiger partial charge in [0, 0.05) is 22.8 Å². The van der Waals surface area contributed by atoms with E-state index >= 15 is 4.39 Å². The predicted octanol–water partition coefficient (Wildman–Crippen LogP) is 3.64. The molecule has 0 unspecified atom stereocenters. The zero-order valence-corrected chi connectivity index (χ0v) is 18.8. The molecule has 0 spiro atoms. The molecule has 36 heavy (non-hydrogen) atoms. The van der Waals surface area contributed by atoms with Gasteiger partial charge in [-0.25, -0.2) is 9.18 Å². The first kappa shape index (κ1) is 22.9. The smallest absolute Gasteiger partial charge is 0.414 e. The van der Waals surface area contributed by atoms with Crippen LogP contribution in [-0.2, 0) is 9.53 Å². The van der Waals surface area contributed by atoms with E-state index in [1.54, 1.807) is 60.7 Å². The first-order chi connectivity index (χ1) is 17.5. The molecule has 1 aliphatic heterocycles. The van der Waals surface area contributed by atoms with Crippen LogP contribution in [0.25, 0.3) is 22.2 Å². The van der Waals surface area contributed by atoms with Gasteiger partial charge in [-0.15, -0.1) is 0 Å². The average Bonchev–Trinajstić information content (AvgIpc) is 3.53. The summed E-state index contributed by atoms with van der Waals surface area (Å²) in [5, 5.41) is 13.2. The number of hydrogen-bond donors (Lipinski definition) is 2. The SMILES string of the molecule is O=C(/C=C/C(=O)c1ccccc1)NC[C@H]1CN(c2ccc(-c3cccc4n[nH]nc34)c(F)c2)C(=O)O1. The molecule has 0 bridgehead atoms. The van der Waals surface area contributed by atoms with Gasteiger partial charge in [0.25, 0.3) is 0 Å². The van der Waals surface area contributed by atoms with Crippen molar-refractivity contribution in [3.8, 4) is 11.1 Å². The number of cyclic esters (lactones) is 1. The van der Waals surface area contributed by atoms with E-state index in [0.29, 0.717) is 33.4 Å². The Morgan fingerprint density at radius 3 is 2.69 bits per heavy atom. The van der Waals surface area contributed by atoms with Crippen LogP contribution in [0.5, 0.6) is 0 Å². The first-order valence-corrected chi connectivity index (χ1v) is 11.1. The van der Waals surface area contributed by atoms with E-state index in [1.807, 2.05) is 0 Å². The molecule has 180 valence electrons.